The monoisotopic (exact) mass is 262 g/mol. The van der Waals surface area contributed by atoms with Gasteiger partial charge in [0.15, 0.2) is 11.5 Å². The number of imidazole rings is 1. The zero-order valence-electron chi connectivity index (χ0n) is 11.8. The zero-order chi connectivity index (χ0) is 13.7. The molecular weight excluding hydrogens is 240 g/mol. The van der Waals surface area contributed by atoms with Gasteiger partial charge in [0, 0.05) is 32.5 Å². The molecule has 0 saturated carbocycles. The molecule has 0 aliphatic rings. The van der Waals surface area contributed by atoms with Crippen LogP contribution in [-0.2, 0) is 0 Å². The largest absolute Gasteiger partial charge is 0.372 e. The maximum absolute atomic E-state index is 4.52. The molecule has 0 spiro atoms. The molecule has 0 aliphatic heterocycles. The second kappa shape index (κ2) is 6.38. The molecule has 2 aromatic rings. The third kappa shape index (κ3) is 3.14. The Labute approximate surface area is 113 Å². The highest BCUT2D eigenvalue weighted by atomic mass is 15.2. The molecule has 2 N–H and O–H groups in total. The number of nitrogens with one attached hydrogen (secondary N) is 2. The maximum atomic E-state index is 4.52. The van der Waals surface area contributed by atoms with Crippen molar-refractivity contribution in [2.24, 2.45) is 0 Å². The predicted octanol–water partition coefficient (Wildman–Crippen LogP) is 1.52. The van der Waals surface area contributed by atoms with Crippen molar-refractivity contribution >= 4 is 17.3 Å². The van der Waals surface area contributed by atoms with Gasteiger partial charge in [-0.25, -0.2) is 9.97 Å². The lowest BCUT2D eigenvalue weighted by Gasteiger charge is -2.18. The summed E-state index contributed by atoms with van der Waals surface area (Å²) >= 11 is 0. The van der Waals surface area contributed by atoms with Gasteiger partial charge in [-0.1, -0.05) is 13.8 Å². The van der Waals surface area contributed by atoms with Crippen LogP contribution in [0.15, 0.2) is 18.6 Å². The number of likely N-dealkylation sites (N-methyl/N-ethyl adjacent to an activating group) is 1. The average Bonchev–Trinajstić information content (AvgIpc) is 2.91. The van der Waals surface area contributed by atoms with Crippen LogP contribution in [0.5, 0.6) is 0 Å². The first-order valence-corrected chi connectivity index (χ1v) is 6.76. The Morgan fingerprint density at radius 1 is 1.32 bits per heavy atom. The molecule has 0 amide bonds. The van der Waals surface area contributed by atoms with E-state index in [1.165, 1.54) is 0 Å². The fourth-order valence-corrected chi connectivity index (χ4v) is 2.04. The summed E-state index contributed by atoms with van der Waals surface area (Å²) in [6.07, 6.45) is 5.64. The van der Waals surface area contributed by atoms with Crippen LogP contribution in [0.1, 0.15) is 13.8 Å². The van der Waals surface area contributed by atoms with E-state index in [4.69, 9.17) is 0 Å². The highest BCUT2D eigenvalue weighted by Gasteiger charge is 2.07. The van der Waals surface area contributed by atoms with Crippen molar-refractivity contribution in [2.45, 2.75) is 13.8 Å². The Morgan fingerprint density at radius 2 is 2.11 bits per heavy atom. The number of hydrogen-bond acceptors (Lipinski definition) is 5. The minimum absolute atomic E-state index is 0.823. The van der Waals surface area contributed by atoms with Crippen LogP contribution in [0, 0.1) is 0 Å². The van der Waals surface area contributed by atoms with Crippen LogP contribution in [0.2, 0.25) is 0 Å². The van der Waals surface area contributed by atoms with Crippen molar-refractivity contribution < 1.29 is 0 Å². The predicted molar refractivity (Wildman–Crippen MR) is 78.8 cm³/mol. The lowest BCUT2D eigenvalue weighted by molar-refractivity contribution is 0.316. The van der Waals surface area contributed by atoms with Crippen molar-refractivity contribution in [3.05, 3.63) is 18.6 Å². The fraction of sp³-hybridized carbons (Fsp3) is 0.538. The first-order valence-electron chi connectivity index (χ1n) is 6.76. The normalized spacial score (nSPS) is 11.2. The summed E-state index contributed by atoms with van der Waals surface area (Å²) in [4.78, 5) is 11.2. The number of rotatable bonds is 7. The molecule has 0 unspecified atom stereocenters. The van der Waals surface area contributed by atoms with Crippen molar-refractivity contribution in [1.82, 2.24) is 19.3 Å². The van der Waals surface area contributed by atoms with Crippen LogP contribution in [-0.4, -0.2) is 52.5 Å². The van der Waals surface area contributed by atoms with Gasteiger partial charge in [-0.15, -0.1) is 0 Å². The molecule has 0 atom stereocenters. The van der Waals surface area contributed by atoms with E-state index in [-0.39, 0.29) is 0 Å². The Morgan fingerprint density at radius 3 is 2.79 bits per heavy atom. The molecule has 2 heterocycles. The molecule has 104 valence electrons. The number of anilines is 2. The summed E-state index contributed by atoms with van der Waals surface area (Å²) in [7, 11) is 1.87. The van der Waals surface area contributed by atoms with Gasteiger partial charge < -0.3 is 19.9 Å². The van der Waals surface area contributed by atoms with Gasteiger partial charge in [0.2, 0.25) is 0 Å². The van der Waals surface area contributed by atoms with E-state index in [9.17, 15) is 0 Å². The summed E-state index contributed by atoms with van der Waals surface area (Å²) in [6.45, 7) is 8.37. The van der Waals surface area contributed by atoms with Gasteiger partial charge in [-0.3, -0.25) is 0 Å². The summed E-state index contributed by atoms with van der Waals surface area (Å²) in [5.41, 5.74) is 0.860. The maximum Gasteiger partial charge on any atom is 0.180 e. The molecule has 0 bridgehead atoms. The lowest BCUT2D eigenvalue weighted by Crippen LogP contribution is -2.28. The SMILES string of the molecule is CCN(CC)CCNc1nc(NC)cn2ccnc12. The summed E-state index contributed by atoms with van der Waals surface area (Å²) < 4.78 is 1.97. The van der Waals surface area contributed by atoms with Crippen molar-refractivity contribution in [3.63, 3.8) is 0 Å². The van der Waals surface area contributed by atoms with Gasteiger partial charge in [-0.05, 0) is 13.1 Å². The number of nitrogens with zero attached hydrogens (tertiary/aromatic N) is 4. The Kier molecular flexibility index (Phi) is 4.57. The summed E-state index contributed by atoms with van der Waals surface area (Å²) in [6, 6.07) is 0. The van der Waals surface area contributed by atoms with E-state index in [0.717, 1.165) is 43.5 Å². The minimum atomic E-state index is 0.823. The molecular formula is C13H22N6. The molecule has 6 heteroatoms. The van der Waals surface area contributed by atoms with Gasteiger partial charge in [0.25, 0.3) is 0 Å². The van der Waals surface area contributed by atoms with Gasteiger partial charge in [-0.2, -0.15) is 0 Å². The fourth-order valence-electron chi connectivity index (χ4n) is 2.04. The molecule has 0 fully saturated rings. The number of aromatic nitrogens is 3. The van der Waals surface area contributed by atoms with Crippen LogP contribution in [0.25, 0.3) is 5.65 Å². The van der Waals surface area contributed by atoms with E-state index >= 15 is 0 Å². The summed E-state index contributed by atoms with van der Waals surface area (Å²) in [5.74, 6) is 1.65. The first-order chi connectivity index (χ1) is 9.28. The highest BCUT2D eigenvalue weighted by molar-refractivity contribution is 5.65. The van der Waals surface area contributed by atoms with Crippen LogP contribution in [0.4, 0.5) is 11.6 Å². The van der Waals surface area contributed by atoms with Gasteiger partial charge >= 0.3 is 0 Å². The van der Waals surface area contributed by atoms with E-state index in [1.54, 1.807) is 6.20 Å². The molecule has 0 radical (unpaired) electrons. The number of fused-ring (bicyclic) bond motifs is 1. The van der Waals surface area contributed by atoms with Crippen LogP contribution < -0.4 is 10.6 Å². The molecule has 0 aromatic carbocycles. The molecule has 2 aromatic heterocycles. The zero-order valence-corrected chi connectivity index (χ0v) is 11.8. The molecule has 2 rings (SSSR count). The van der Waals surface area contributed by atoms with Crippen molar-refractivity contribution in [2.75, 3.05) is 43.9 Å². The minimum Gasteiger partial charge on any atom is -0.372 e. The quantitative estimate of drug-likeness (QED) is 0.792. The van der Waals surface area contributed by atoms with Crippen molar-refractivity contribution in [3.8, 4) is 0 Å². The van der Waals surface area contributed by atoms with E-state index in [0.29, 0.717) is 0 Å². The van der Waals surface area contributed by atoms with E-state index in [1.807, 2.05) is 23.8 Å². The Balaban J connectivity index is 2.08. The number of hydrogen-bond donors (Lipinski definition) is 2. The van der Waals surface area contributed by atoms with E-state index in [2.05, 4.69) is 39.3 Å². The highest BCUT2D eigenvalue weighted by Crippen LogP contribution is 2.15. The molecule has 6 nitrogen and oxygen atoms in total. The Hall–Kier alpha value is -1.82. The van der Waals surface area contributed by atoms with Crippen LogP contribution >= 0.6 is 0 Å². The lowest BCUT2D eigenvalue weighted by atomic mass is 10.4. The summed E-state index contributed by atoms with van der Waals surface area (Å²) in [5, 5.41) is 6.43. The van der Waals surface area contributed by atoms with Gasteiger partial charge in [0.1, 0.15) is 5.82 Å². The second-order valence-electron chi connectivity index (χ2n) is 4.34. The third-order valence-corrected chi connectivity index (χ3v) is 3.25. The molecule has 0 aliphatic carbocycles. The smallest absolute Gasteiger partial charge is 0.180 e. The third-order valence-electron chi connectivity index (χ3n) is 3.25. The van der Waals surface area contributed by atoms with Crippen molar-refractivity contribution in [1.29, 1.82) is 0 Å². The second-order valence-corrected chi connectivity index (χ2v) is 4.34. The average molecular weight is 262 g/mol. The molecule has 0 saturated heterocycles. The van der Waals surface area contributed by atoms with E-state index < -0.39 is 0 Å². The first kappa shape index (κ1) is 13.6. The Bertz CT molecular complexity index is 517. The van der Waals surface area contributed by atoms with Gasteiger partial charge in [0.05, 0.1) is 6.20 Å². The molecule has 19 heavy (non-hydrogen) atoms. The van der Waals surface area contributed by atoms with Crippen LogP contribution in [0.3, 0.4) is 0 Å². The topological polar surface area (TPSA) is 57.5 Å². The standard InChI is InChI=1S/C13H22N6/c1-4-18(5-2)8-6-15-12-13-16-7-9-19(13)10-11(14-3)17-12/h7,9-10,14H,4-6,8H2,1-3H3,(H,15,17).